The average Bonchev–Trinajstić information content (AvgIpc) is 2.34. The van der Waals surface area contributed by atoms with Gasteiger partial charge in [-0.3, -0.25) is 4.79 Å². The summed E-state index contributed by atoms with van der Waals surface area (Å²) in [6.45, 7) is 2.69. The fourth-order valence-electron chi connectivity index (χ4n) is 2.21. The van der Waals surface area contributed by atoms with Gasteiger partial charge in [-0.25, -0.2) is 0 Å². The van der Waals surface area contributed by atoms with Gasteiger partial charge in [0.15, 0.2) is 0 Å². The van der Waals surface area contributed by atoms with Crippen molar-refractivity contribution < 1.29 is 9.53 Å². The molecule has 1 heterocycles. The molecule has 2 nitrogen and oxygen atoms in total. The van der Waals surface area contributed by atoms with Gasteiger partial charge < -0.3 is 4.74 Å². The fourth-order valence-corrected chi connectivity index (χ4v) is 2.21. The molecule has 0 spiro atoms. The number of ether oxygens (including phenoxy) is 1. The van der Waals surface area contributed by atoms with Crippen molar-refractivity contribution in [2.75, 3.05) is 6.61 Å². The van der Waals surface area contributed by atoms with E-state index in [1.807, 2.05) is 6.07 Å². The Kier molecular flexibility index (Phi) is 3.28. The van der Waals surface area contributed by atoms with E-state index < -0.39 is 0 Å². The molecule has 1 unspecified atom stereocenters. The van der Waals surface area contributed by atoms with E-state index in [0.29, 0.717) is 6.61 Å². The lowest BCUT2D eigenvalue weighted by atomic mass is 9.77. The molecule has 1 aliphatic heterocycles. The highest BCUT2D eigenvalue weighted by Crippen LogP contribution is 2.37. The largest absolute Gasteiger partial charge is 0.464 e. The maximum atomic E-state index is 11.4. The highest BCUT2D eigenvalue weighted by molar-refractivity contribution is 5.81. The molecular weight excluding hydrogens is 200 g/mol. The van der Waals surface area contributed by atoms with Crippen LogP contribution in [0.2, 0.25) is 0 Å². The quantitative estimate of drug-likeness (QED) is 0.710. The number of benzene rings is 1. The molecule has 86 valence electrons. The molecule has 1 atom stereocenters. The van der Waals surface area contributed by atoms with Crippen molar-refractivity contribution in [3.63, 3.8) is 0 Å². The number of hydrogen-bond donors (Lipinski definition) is 0. The van der Waals surface area contributed by atoms with Crippen molar-refractivity contribution in [3.8, 4) is 0 Å². The van der Waals surface area contributed by atoms with Gasteiger partial charge in [0.2, 0.25) is 0 Å². The Hall–Kier alpha value is -1.31. The molecule has 2 heteroatoms. The molecule has 0 aliphatic carbocycles. The fraction of sp³-hybridized carbons (Fsp3) is 0.500. The van der Waals surface area contributed by atoms with E-state index in [4.69, 9.17) is 4.74 Å². The van der Waals surface area contributed by atoms with Crippen LogP contribution in [0.5, 0.6) is 0 Å². The van der Waals surface area contributed by atoms with Gasteiger partial charge in [0.1, 0.15) is 12.0 Å². The van der Waals surface area contributed by atoms with Crippen LogP contribution in [0.15, 0.2) is 30.3 Å². The zero-order valence-electron chi connectivity index (χ0n) is 9.74. The summed E-state index contributed by atoms with van der Waals surface area (Å²) in [4.78, 5) is 11.4. The number of rotatable bonds is 5. The van der Waals surface area contributed by atoms with E-state index in [1.165, 1.54) is 5.56 Å². The van der Waals surface area contributed by atoms with Gasteiger partial charge in [0.25, 0.3) is 0 Å². The number of hydrogen-bond acceptors (Lipinski definition) is 2. The Balaban J connectivity index is 1.82. The van der Waals surface area contributed by atoms with Crippen molar-refractivity contribution in [3.05, 3.63) is 35.9 Å². The zero-order valence-corrected chi connectivity index (χ0v) is 9.74. The lowest BCUT2D eigenvalue weighted by Gasteiger charge is -2.38. The maximum absolute atomic E-state index is 11.4. The third-order valence-electron chi connectivity index (χ3n) is 3.55. The van der Waals surface area contributed by atoms with Crippen LogP contribution in [0.1, 0.15) is 31.7 Å². The Morgan fingerprint density at radius 3 is 2.56 bits per heavy atom. The van der Waals surface area contributed by atoms with Crippen molar-refractivity contribution in [2.24, 2.45) is 5.41 Å². The van der Waals surface area contributed by atoms with Crippen LogP contribution in [0, 0.1) is 5.41 Å². The molecule has 0 N–H and O–H groups in total. The van der Waals surface area contributed by atoms with Crippen molar-refractivity contribution in [1.29, 1.82) is 0 Å². The topological polar surface area (TPSA) is 26.3 Å². The molecule has 16 heavy (non-hydrogen) atoms. The van der Waals surface area contributed by atoms with Crippen molar-refractivity contribution in [2.45, 2.75) is 32.6 Å². The van der Waals surface area contributed by atoms with Gasteiger partial charge in [0, 0.05) is 0 Å². The second-order valence-electron chi connectivity index (χ2n) is 4.55. The second-order valence-corrected chi connectivity index (χ2v) is 4.55. The summed E-state index contributed by atoms with van der Waals surface area (Å²) < 4.78 is 4.90. The smallest absolute Gasteiger partial charge is 0.315 e. The van der Waals surface area contributed by atoms with Crippen LogP contribution in [-0.4, -0.2) is 12.6 Å². The molecule has 0 amide bonds. The molecule has 2 rings (SSSR count). The van der Waals surface area contributed by atoms with Crippen LogP contribution >= 0.6 is 0 Å². The van der Waals surface area contributed by atoms with E-state index in [-0.39, 0.29) is 11.4 Å². The summed E-state index contributed by atoms with van der Waals surface area (Å²) in [5.41, 5.74) is 1.19. The predicted octanol–water partition coefficient (Wildman–Crippen LogP) is 2.96. The summed E-state index contributed by atoms with van der Waals surface area (Å²) in [6, 6.07) is 10.4. The molecule has 1 fully saturated rings. The monoisotopic (exact) mass is 218 g/mol. The molecule has 0 aromatic heterocycles. The average molecular weight is 218 g/mol. The lowest BCUT2D eigenvalue weighted by Crippen LogP contribution is -2.47. The lowest BCUT2D eigenvalue weighted by molar-refractivity contribution is -0.187. The van der Waals surface area contributed by atoms with Gasteiger partial charge >= 0.3 is 5.97 Å². The Bertz CT molecular complexity index is 354. The first-order chi connectivity index (χ1) is 7.77. The minimum atomic E-state index is -0.158. The highest BCUT2D eigenvalue weighted by Gasteiger charge is 2.46. The minimum absolute atomic E-state index is 0.00283. The molecule has 0 radical (unpaired) electrons. The van der Waals surface area contributed by atoms with Gasteiger partial charge in [0.05, 0.1) is 0 Å². The Morgan fingerprint density at radius 1 is 1.31 bits per heavy atom. The first-order valence-electron chi connectivity index (χ1n) is 5.98. The highest BCUT2D eigenvalue weighted by atomic mass is 16.6. The van der Waals surface area contributed by atoms with Crippen LogP contribution in [-0.2, 0) is 16.0 Å². The van der Waals surface area contributed by atoms with Crippen molar-refractivity contribution in [1.82, 2.24) is 0 Å². The Labute approximate surface area is 96.6 Å². The van der Waals surface area contributed by atoms with E-state index in [9.17, 15) is 4.79 Å². The molecule has 1 saturated heterocycles. The number of aryl methyl sites for hydroxylation is 1. The Morgan fingerprint density at radius 2 is 2.06 bits per heavy atom. The van der Waals surface area contributed by atoms with Crippen molar-refractivity contribution >= 4 is 5.97 Å². The first-order valence-corrected chi connectivity index (χ1v) is 5.98. The first kappa shape index (κ1) is 11.2. The second kappa shape index (κ2) is 4.69. The predicted molar refractivity (Wildman–Crippen MR) is 63.1 cm³/mol. The molecule has 1 aromatic rings. The number of carbonyl (C=O) groups excluding carboxylic acids is 1. The molecular formula is C14H18O2. The normalized spacial score (nSPS) is 23.7. The molecule has 1 aliphatic rings. The minimum Gasteiger partial charge on any atom is -0.464 e. The molecule has 0 bridgehead atoms. The van der Waals surface area contributed by atoms with Gasteiger partial charge in [-0.2, -0.15) is 0 Å². The number of esters is 1. The van der Waals surface area contributed by atoms with Gasteiger partial charge in [-0.1, -0.05) is 37.3 Å². The van der Waals surface area contributed by atoms with Gasteiger partial charge in [-0.15, -0.1) is 0 Å². The van der Waals surface area contributed by atoms with E-state index in [0.717, 1.165) is 25.7 Å². The summed E-state index contributed by atoms with van der Waals surface area (Å²) in [7, 11) is 0. The van der Waals surface area contributed by atoms with E-state index in [2.05, 4.69) is 31.2 Å². The van der Waals surface area contributed by atoms with Crippen LogP contribution in [0.4, 0.5) is 0 Å². The number of cyclic esters (lactones) is 1. The third-order valence-corrected chi connectivity index (χ3v) is 3.55. The van der Waals surface area contributed by atoms with Crippen LogP contribution in [0.3, 0.4) is 0 Å². The summed E-state index contributed by atoms with van der Waals surface area (Å²) in [6.07, 6.45) is 3.97. The number of carbonyl (C=O) groups is 1. The standard InChI is InChI=1S/C14H18O2/c1-2-14(11-16-13(14)15)10-6-9-12-7-4-3-5-8-12/h3-5,7-8H,2,6,9-11H2,1H3. The van der Waals surface area contributed by atoms with E-state index in [1.54, 1.807) is 0 Å². The molecule has 1 aromatic carbocycles. The SMILES string of the molecule is CCC1(CCCc2ccccc2)COC1=O. The van der Waals surface area contributed by atoms with Gasteiger partial charge in [-0.05, 0) is 31.2 Å². The summed E-state index contributed by atoms with van der Waals surface area (Å²) in [5, 5.41) is 0. The zero-order chi connectivity index (χ0) is 11.4. The van der Waals surface area contributed by atoms with Crippen LogP contribution < -0.4 is 0 Å². The maximum Gasteiger partial charge on any atom is 0.315 e. The third kappa shape index (κ3) is 2.11. The summed E-state index contributed by atoms with van der Waals surface area (Å²) in [5.74, 6) is 0.00283. The molecule has 0 saturated carbocycles. The van der Waals surface area contributed by atoms with Crippen LogP contribution in [0.25, 0.3) is 0 Å². The van der Waals surface area contributed by atoms with E-state index >= 15 is 0 Å². The summed E-state index contributed by atoms with van der Waals surface area (Å²) >= 11 is 0.